The fourth-order valence-corrected chi connectivity index (χ4v) is 2.53. The lowest BCUT2D eigenvalue weighted by atomic mass is 10.0. The molecule has 2 N–H and O–H groups in total. The van der Waals surface area contributed by atoms with Gasteiger partial charge in [-0.15, -0.1) is 0 Å². The number of carbonyl (C=O) groups is 1. The first-order valence-electron chi connectivity index (χ1n) is 7.96. The van der Waals surface area contributed by atoms with E-state index in [9.17, 15) is 4.79 Å². The van der Waals surface area contributed by atoms with Crippen molar-refractivity contribution in [3.63, 3.8) is 0 Å². The van der Waals surface area contributed by atoms with Crippen LogP contribution in [0, 0.1) is 5.92 Å². The number of urea groups is 1. The van der Waals surface area contributed by atoms with Crippen LogP contribution in [-0.2, 0) is 4.74 Å². The summed E-state index contributed by atoms with van der Waals surface area (Å²) < 4.78 is 5.23. The Bertz CT molecular complexity index is 264. The molecule has 0 bridgehead atoms. The van der Waals surface area contributed by atoms with Gasteiger partial charge in [-0.05, 0) is 32.1 Å². The summed E-state index contributed by atoms with van der Waals surface area (Å²) in [6.45, 7) is 12.0. The van der Waals surface area contributed by atoms with Crippen molar-refractivity contribution in [1.29, 1.82) is 0 Å². The van der Waals surface area contributed by atoms with Crippen LogP contribution in [0.1, 0.15) is 40.0 Å². The molecule has 0 aromatic carbocycles. The third kappa shape index (κ3) is 7.70. The lowest BCUT2D eigenvalue weighted by Crippen LogP contribution is -2.48. The van der Waals surface area contributed by atoms with Crippen LogP contribution in [0.5, 0.6) is 0 Å². The Kier molecular flexibility index (Phi) is 8.62. The molecule has 0 spiro atoms. The van der Waals surface area contributed by atoms with E-state index >= 15 is 0 Å². The van der Waals surface area contributed by atoms with Crippen LogP contribution in [0.15, 0.2) is 0 Å². The second kappa shape index (κ2) is 10.00. The third-order valence-electron chi connectivity index (χ3n) is 3.50. The van der Waals surface area contributed by atoms with Crippen LogP contribution >= 0.6 is 0 Å². The van der Waals surface area contributed by atoms with Crippen molar-refractivity contribution in [2.24, 2.45) is 5.92 Å². The number of likely N-dealkylation sites (tertiary alicyclic amines) is 1. The van der Waals surface area contributed by atoms with Crippen molar-refractivity contribution in [2.75, 3.05) is 39.4 Å². The van der Waals surface area contributed by atoms with E-state index in [0.29, 0.717) is 25.1 Å². The predicted molar refractivity (Wildman–Crippen MR) is 81.9 cm³/mol. The smallest absolute Gasteiger partial charge is 0.315 e. The molecule has 0 unspecified atom stereocenters. The van der Waals surface area contributed by atoms with Gasteiger partial charge in [-0.2, -0.15) is 0 Å². The molecule has 1 rings (SSSR count). The van der Waals surface area contributed by atoms with Crippen molar-refractivity contribution in [2.45, 2.75) is 46.1 Å². The highest BCUT2D eigenvalue weighted by Gasteiger charge is 2.20. The Balaban J connectivity index is 2.06. The number of hydrogen-bond acceptors (Lipinski definition) is 3. The van der Waals surface area contributed by atoms with Gasteiger partial charge in [0.25, 0.3) is 0 Å². The minimum Gasteiger partial charge on any atom is -0.382 e. The lowest BCUT2D eigenvalue weighted by Gasteiger charge is -2.33. The topological polar surface area (TPSA) is 53.6 Å². The molecule has 5 nitrogen and oxygen atoms in total. The molecule has 0 radical (unpaired) electrons. The second-order valence-corrected chi connectivity index (χ2v) is 5.92. The summed E-state index contributed by atoms with van der Waals surface area (Å²) in [5.74, 6) is 0.716. The van der Waals surface area contributed by atoms with Gasteiger partial charge in [-0.3, -0.25) is 0 Å². The number of piperidine rings is 1. The number of rotatable bonds is 8. The van der Waals surface area contributed by atoms with Gasteiger partial charge in [-0.25, -0.2) is 4.79 Å². The monoisotopic (exact) mass is 285 g/mol. The molecule has 0 atom stereocenters. The Morgan fingerprint density at radius 1 is 1.35 bits per heavy atom. The van der Waals surface area contributed by atoms with Gasteiger partial charge in [0.2, 0.25) is 0 Å². The molecule has 20 heavy (non-hydrogen) atoms. The minimum absolute atomic E-state index is 0.0381. The quantitative estimate of drug-likeness (QED) is 0.669. The molecule has 0 aliphatic carbocycles. The van der Waals surface area contributed by atoms with E-state index in [1.165, 1.54) is 0 Å². The van der Waals surface area contributed by atoms with Gasteiger partial charge in [0.1, 0.15) is 0 Å². The number of nitrogens with zero attached hydrogens (tertiary/aromatic N) is 1. The predicted octanol–water partition coefficient (Wildman–Crippen LogP) is 1.83. The maximum Gasteiger partial charge on any atom is 0.315 e. The molecule has 5 heteroatoms. The highest BCUT2D eigenvalue weighted by Crippen LogP contribution is 2.11. The van der Waals surface area contributed by atoms with Crippen molar-refractivity contribution < 1.29 is 9.53 Å². The average molecular weight is 285 g/mol. The SMILES string of the molecule is CCOCCCNC(=O)NC1CCN(CC(C)C)CC1. The third-order valence-corrected chi connectivity index (χ3v) is 3.50. The van der Waals surface area contributed by atoms with Crippen LogP contribution in [0.4, 0.5) is 4.79 Å². The van der Waals surface area contributed by atoms with E-state index in [1.54, 1.807) is 0 Å². The zero-order chi connectivity index (χ0) is 14.8. The first-order chi connectivity index (χ1) is 9.61. The largest absolute Gasteiger partial charge is 0.382 e. The minimum atomic E-state index is -0.0381. The molecule has 2 amide bonds. The number of amides is 2. The van der Waals surface area contributed by atoms with Gasteiger partial charge in [0.15, 0.2) is 0 Å². The van der Waals surface area contributed by atoms with Crippen LogP contribution in [0.3, 0.4) is 0 Å². The summed E-state index contributed by atoms with van der Waals surface area (Å²) >= 11 is 0. The van der Waals surface area contributed by atoms with E-state index < -0.39 is 0 Å². The van der Waals surface area contributed by atoms with Crippen LogP contribution in [0.25, 0.3) is 0 Å². The van der Waals surface area contributed by atoms with Gasteiger partial charge in [0.05, 0.1) is 0 Å². The maximum absolute atomic E-state index is 11.7. The van der Waals surface area contributed by atoms with E-state index in [0.717, 1.165) is 45.5 Å². The zero-order valence-corrected chi connectivity index (χ0v) is 13.3. The van der Waals surface area contributed by atoms with Gasteiger partial charge in [0, 0.05) is 45.4 Å². The van der Waals surface area contributed by atoms with Crippen LogP contribution in [0.2, 0.25) is 0 Å². The number of hydrogen-bond donors (Lipinski definition) is 2. The van der Waals surface area contributed by atoms with Gasteiger partial charge in [-0.1, -0.05) is 13.8 Å². The van der Waals surface area contributed by atoms with E-state index in [-0.39, 0.29) is 6.03 Å². The van der Waals surface area contributed by atoms with E-state index in [1.807, 2.05) is 6.92 Å². The van der Waals surface area contributed by atoms with Crippen LogP contribution < -0.4 is 10.6 Å². The van der Waals surface area contributed by atoms with Crippen molar-refractivity contribution in [3.05, 3.63) is 0 Å². The molecule has 1 aliphatic heterocycles. The number of ether oxygens (including phenoxy) is 1. The fourth-order valence-electron chi connectivity index (χ4n) is 2.53. The Labute approximate surface area is 123 Å². The number of nitrogens with one attached hydrogen (secondary N) is 2. The molecule has 1 saturated heterocycles. The Morgan fingerprint density at radius 2 is 2.05 bits per heavy atom. The summed E-state index contributed by atoms with van der Waals surface area (Å²) in [6, 6.07) is 0.286. The molecular formula is C15H31N3O2. The summed E-state index contributed by atoms with van der Waals surface area (Å²) in [5.41, 5.74) is 0. The molecule has 0 aromatic rings. The fraction of sp³-hybridized carbons (Fsp3) is 0.933. The molecule has 118 valence electrons. The second-order valence-electron chi connectivity index (χ2n) is 5.92. The maximum atomic E-state index is 11.7. The summed E-state index contributed by atoms with van der Waals surface area (Å²) in [4.78, 5) is 14.2. The molecule has 1 fully saturated rings. The Morgan fingerprint density at radius 3 is 2.65 bits per heavy atom. The van der Waals surface area contributed by atoms with Crippen molar-refractivity contribution in [3.8, 4) is 0 Å². The Hall–Kier alpha value is -0.810. The van der Waals surface area contributed by atoms with Gasteiger partial charge >= 0.3 is 6.03 Å². The first-order valence-corrected chi connectivity index (χ1v) is 7.96. The molecule has 0 saturated carbocycles. The highest BCUT2D eigenvalue weighted by atomic mass is 16.5. The first kappa shape index (κ1) is 17.2. The van der Waals surface area contributed by atoms with E-state index in [4.69, 9.17) is 4.74 Å². The van der Waals surface area contributed by atoms with Crippen molar-refractivity contribution in [1.82, 2.24) is 15.5 Å². The highest BCUT2D eigenvalue weighted by molar-refractivity contribution is 5.74. The zero-order valence-electron chi connectivity index (χ0n) is 13.3. The molecule has 1 heterocycles. The lowest BCUT2D eigenvalue weighted by molar-refractivity contribution is 0.144. The summed E-state index contributed by atoms with van der Waals surface area (Å²) in [5, 5.41) is 5.95. The summed E-state index contributed by atoms with van der Waals surface area (Å²) in [6.07, 6.45) is 2.98. The molecule has 1 aliphatic rings. The van der Waals surface area contributed by atoms with Crippen molar-refractivity contribution >= 4 is 6.03 Å². The van der Waals surface area contributed by atoms with E-state index in [2.05, 4.69) is 29.4 Å². The standard InChI is InChI=1S/C15H31N3O2/c1-4-20-11-5-8-16-15(19)17-14-6-9-18(10-7-14)12-13(2)3/h13-14H,4-12H2,1-3H3,(H2,16,17,19). The average Bonchev–Trinajstić information content (AvgIpc) is 2.40. The normalized spacial score (nSPS) is 17.4. The summed E-state index contributed by atoms with van der Waals surface area (Å²) in [7, 11) is 0. The molecule has 0 aromatic heterocycles. The van der Waals surface area contributed by atoms with Crippen LogP contribution in [-0.4, -0.2) is 56.4 Å². The molecular weight excluding hydrogens is 254 g/mol. The number of carbonyl (C=O) groups excluding carboxylic acids is 1. The van der Waals surface area contributed by atoms with Gasteiger partial charge < -0.3 is 20.3 Å².